The summed E-state index contributed by atoms with van der Waals surface area (Å²) in [6.45, 7) is 3.77. The molecule has 2 aliphatic heterocycles. The Morgan fingerprint density at radius 1 is 1.42 bits per heavy atom. The molecular weight excluding hydrogens is 324 g/mol. The molecule has 24 heavy (non-hydrogen) atoms. The van der Waals surface area contributed by atoms with Crippen LogP contribution in [-0.2, 0) is 22.6 Å². The lowest BCUT2D eigenvalue weighted by Crippen LogP contribution is -2.56. The van der Waals surface area contributed by atoms with Gasteiger partial charge in [-0.1, -0.05) is 6.07 Å². The standard InChI is InChI=1S/C18H22N2O3S/c21-17(19-11-14-3-1-8-22-14)18-6-9-23-16(18)5-7-20(13-18)12-15-4-2-10-24-15/h1-4,8,10,16H,5-7,9,11-13H2,(H,19,21)/t16-,18-/m0/s1. The van der Waals surface area contributed by atoms with Crippen LogP contribution >= 0.6 is 11.3 Å². The van der Waals surface area contributed by atoms with Gasteiger partial charge < -0.3 is 14.5 Å². The number of carbonyl (C=O) groups is 1. The van der Waals surface area contributed by atoms with Crippen molar-refractivity contribution in [3.8, 4) is 0 Å². The Balaban J connectivity index is 1.45. The molecule has 2 atom stereocenters. The number of nitrogens with zero attached hydrogens (tertiary/aromatic N) is 1. The first-order valence-corrected chi connectivity index (χ1v) is 9.31. The number of nitrogens with one attached hydrogen (secondary N) is 1. The number of rotatable bonds is 5. The average Bonchev–Trinajstić information content (AvgIpc) is 3.33. The van der Waals surface area contributed by atoms with Gasteiger partial charge >= 0.3 is 0 Å². The molecule has 0 saturated carbocycles. The summed E-state index contributed by atoms with van der Waals surface area (Å²) in [7, 11) is 0. The van der Waals surface area contributed by atoms with Crippen molar-refractivity contribution in [2.75, 3.05) is 19.7 Å². The van der Waals surface area contributed by atoms with Crippen LogP contribution in [0.4, 0.5) is 0 Å². The smallest absolute Gasteiger partial charge is 0.230 e. The minimum Gasteiger partial charge on any atom is -0.467 e. The molecular formula is C18H22N2O3S. The maximum absolute atomic E-state index is 13.0. The van der Waals surface area contributed by atoms with Crippen LogP contribution in [0.3, 0.4) is 0 Å². The lowest BCUT2D eigenvalue weighted by Gasteiger charge is -2.42. The molecule has 2 aromatic heterocycles. The molecule has 0 aromatic carbocycles. The van der Waals surface area contributed by atoms with Crippen molar-refractivity contribution in [1.29, 1.82) is 0 Å². The van der Waals surface area contributed by atoms with Crippen molar-refractivity contribution in [3.05, 3.63) is 46.5 Å². The van der Waals surface area contributed by atoms with E-state index in [0.29, 0.717) is 13.2 Å². The number of carbonyl (C=O) groups excluding carboxylic acids is 1. The number of amides is 1. The Kier molecular flexibility index (Phi) is 4.43. The van der Waals surface area contributed by atoms with Gasteiger partial charge in [0.1, 0.15) is 5.76 Å². The molecule has 4 rings (SSSR count). The van der Waals surface area contributed by atoms with Crippen molar-refractivity contribution in [3.63, 3.8) is 0 Å². The van der Waals surface area contributed by atoms with Crippen LogP contribution in [0.25, 0.3) is 0 Å². The Hall–Kier alpha value is -1.63. The predicted octanol–water partition coefficient (Wildman–Crippen LogP) is 2.64. The molecule has 2 aliphatic rings. The number of likely N-dealkylation sites (tertiary alicyclic amines) is 1. The molecule has 1 amide bonds. The number of thiophene rings is 1. The van der Waals surface area contributed by atoms with Gasteiger partial charge in [0, 0.05) is 31.1 Å². The van der Waals surface area contributed by atoms with Gasteiger partial charge in [0.2, 0.25) is 5.91 Å². The second-order valence-corrected chi connectivity index (χ2v) is 7.64. The van der Waals surface area contributed by atoms with Gasteiger partial charge in [-0.25, -0.2) is 0 Å². The highest BCUT2D eigenvalue weighted by Gasteiger charge is 2.53. The van der Waals surface area contributed by atoms with Gasteiger partial charge in [-0.3, -0.25) is 9.69 Å². The quantitative estimate of drug-likeness (QED) is 0.904. The van der Waals surface area contributed by atoms with Gasteiger partial charge in [-0.2, -0.15) is 0 Å². The van der Waals surface area contributed by atoms with Crippen LogP contribution in [0.1, 0.15) is 23.5 Å². The molecule has 128 valence electrons. The number of ether oxygens (including phenoxy) is 1. The zero-order valence-corrected chi connectivity index (χ0v) is 14.4. The summed E-state index contributed by atoms with van der Waals surface area (Å²) in [5.41, 5.74) is -0.428. The van der Waals surface area contributed by atoms with Crippen molar-refractivity contribution >= 4 is 17.2 Å². The van der Waals surface area contributed by atoms with E-state index in [9.17, 15) is 4.79 Å². The lowest BCUT2D eigenvalue weighted by molar-refractivity contribution is -0.139. The number of furan rings is 1. The van der Waals surface area contributed by atoms with Crippen LogP contribution in [0.15, 0.2) is 40.3 Å². The number of hydrogen-bond acceptors (Lipinski definition) is 5. The maximum atomic E-state index is 13.0. The normalized spacial score (nSPS) is 27.1. The van der Waals surface area contributed by atoms with Gasteiger partial charge in [0.25, 0.3) is 0 Å². The summed E-state index contributed by atoms with van der Waals surface area (Å²) in [4.78, 5) is 16.7. The SMILES string of the molecule is O=C(NCc1ccco1)[C@]12CCO[C@H]1CCN(Cc1cccs1)C2. The van der Waals surface area contributed by atoms with E-state index in [1.165, 1.54) is 4.88 Å². The molecule has 1 N–H and O–H groups in total. The van der Waals surface area contributed by atoms with E-state index in [0.717, 1.165) is 38.2 Å². The van der Waals surface area contributed by atoms with Gasteiger partial charge in [0.15, 0.2) is 0 Å². The highest BCUT2D eigenvalue weighted by Crippen LogP contribution is 2.41. The van der Waals surface area contributed by atoms with E-state index in [1.807, 2.05) is 12.1 Å². The fourth-order valence-corrected chi connectivity index (χ4v) is 4.61. The largest absolute Gasteiger partial charge is 0.467 e. The first kappa shape index (κ1) is 15.9. The van der Waals surface area contributed by atoms with Gasteiger partial charge in [-0.15, -0.1) is 11.3 Å². The van der Waals surface area contributed by atoms with Crippen LogP contribution in [0, 0.1) is 5.41 Å². The predicted molar refractivity (Wildman–Crippen MR) is 91.6 cm³/mol. The fourth-order valence-electron chi connectivity index (χ4n) is 3.87. The van der Waals surface area contributed by atoms with E-state index in [2.05, 4.69) is 27.7 Å². The molecule has 4 heterocycles. The van der Waals surface area contributed by atoms with E-state index < -0.39 is 5.41 Å². The first-order valence-electron chi connectivity index (χ1n) is 8.43. The minimum atomic E-state index is -0.428. The molecule has 6 heteroatoms. The van der Waals surface area contributed by atoms with E-state index >= 15 is 0 Å². The monoisotopic (exact) mass is 346 g/mol. The molecule has 2 saturated heterocycles. The first-order chi connectivity index (χ1) is 11.8. The third kappa shape index (κ3) is 3.01. The zero-order chi connectivity index (χ0) is 16.4. The maximum Gasteiger partial charge on any atom is 0.230 e. The molecule has 2 aromatic rings. The second kappa shape index (κ2) is 6.70. The zero-order valence-electron chi connectivity index (χ0n) is 13.6. The third-order valence-electron chi connectivity index (χ3n) is 5.11. The van der Waals surface area contributed by atoms with E-state index in [-0.39, 0.29) is 12.0 Å². The molecule has 0 radical (unpaired) electrons. The topological polar surface area (TPSA) is 54.7 Å². The number of piperidine rings is 1. The summed E-state index contributed by atoms with van der Waals surface area (Å²) in [6.07, 6.45) is 3.38. The molecule has 2 fully saturated rings. The van der Waals surface area contributed by atoms with Crippen LogP contribution < -0.4 is 5.32 Å². The summed E-state index contributed by atoms with van der Waals surface area (Å²) >= 11 is 1.77. The Morgan fingerprint density at radius 2 is 2.38 bits per heavy atom. The molecule has 0 aliphatic carbocycles. The Morgan fingerprint density at radius 3 is 3.17 bits per heavy atom. The Labute approximate surface area is 145 Å². The lowest BCUT2D eigenvalue weighted by atomic mass is 9.75. The summed E-state index contributed by atoms with van der Waals surface area (Å²) in [5, 5.41) is 5.16. The summed E-state index contributed by atoms with van der Waals surface area (Å²) in [5.74, 6) is 0.874. The number of hydrogen-bond donors (Lipinski definition) is 1. The van der Waals surface area contributed by atoms with Crippen molar-refractivity contribution in [2.45, 2.75) is 32.0 Å². The minimum absolute atomic E-state index is 0.0358. The fraction of sp³-hybridized carbons (Fsp3) is 0.500. The van der Waals surface area contributed by atoms with E-state index in [1.54, 1.807) is 17.6 Å². The molecule has 0 bridgehead atoms. The van der Waals surface area contributed by atoms with E-state index in [4.69, 9.17) is 9.15 Å². The third-order valence-corrected chi connectivity index (χ3v) is 5.97. The van der Waals surface area contributed by atoms with Crippen molar-refractivity contribution < 1.29 is 13.9 Å². The summed E-state index contributed by atoms with van der Waals surface area (Å²) < 4.78 is 11.2. The van der Waals surface area contributed by atoms with Crippen LogP contribution in [0.2, 0.25) is 0 Å². The number of fused-ring (bicyclic) bond motifs is 1. The highest BCUT2D eigenvalue weighted by molar-refractivity contribution is 7.09. The molecule has 0 unspecified atom stereocenters. The van der Waals surface area contributed by atoms with Crippen molar-refractivity contribution in [1.82, 2.24) is 10.2 Å². The Bertz CT molecular complexity index is 671. The van der Waals surface area contributed by atoms with Crippen molar-refractivity contribution in [2.24, 2.45) is 5.41 Å². The highest BCUT2D eigenvalue weighted by atomic mass is 32.1. The molecule has 5 nitrogen and oxygen atoms in total. The van der Waals surface area contributed by atoms with Gasteiger partial charge in [-0.05, 0) is 36.4 Å². The van der Waals surface area contributed by atoms with Crippen LogP contribution in [0.5, 0.6) is 0 Å². The molecule has 0 spiro atoms. The van der Waals surface area contributed by atoms with Gasteiger partial charge in [0.05, 0.1) is 24.3 Å². The van der Waals surface area contributed by atoms with Crippen LogP contribution in [-0.4, -0.2) is 36.6 Å². The average molecular weight is 346 g/mol. The summed E-state index contributed by atoms with van der Waals surface area (Å²) in [6, 6.07) is 7.96. The second-order valence-electron chi connectivity index (χ2n) is 6.61.